The molecule has 0 radical (unpaired) electrons. The topological polar surface area (TPSA) is 48.4 Å². The molecule has 1 unspecified atom stereocenters. The first-order valence-electron chi connectivity index (χ1n) is 12.4. The lowest BCUT2D eigenvalue weighted by Gasteiger charge is -2.45. The summed E-state index contributed by atoms with van der Waals surface area (Å²) < 4.78 is 49.5. The molecule has 0 bridgehead atoms. The van der Waals surface area contributed by atoms with Crippen LogP contribution < -0.4 is 4.74 Å². The Morgan fingerprint density at radius 2 is 1.89 bits per heavy atom. The Bertz CT molecular complexity index is 1060. The molecular formula is C28H30F3NO3. The van der Waals surface area contributed by atoms with Gasteiger partial charge in [0.25, 0.3) is 0 Å². The van der Waals surface area contributed by atoms with Crippen molar-refractivity contribution in [3.05, 3.63) is 65.5 Å². The number of rotatable bonds is 5. The lowest BCUT2D eigenvalue weighted by Crippen LogP contribution is -2.42. The van der Waals surface area contributed by atoms with Crippen LogP contribution in [0.25, 0.3) is 6.08 Å². The molecule has 1 aliphatic heterocycles. The van der Waals surface area contributed by atoms with E-state index in [0.717, 1.165) is 24.2 Å². The third-order valence-electron chi connectivity index (χ3n) is 8.01. The number of benzene rings is 1. The van der Waals surface area contributed by atoms with Crippen LogP contribution in [0, 0.1) is 29.6 Å². The molecule has 2 aliphatic carbocycles. The van der Waals surface area contributed by atoms with Gasteiger partial charge in [0.05, 0.1) is 23.4 Å². The van der Waals surface area contributed by atoms with E-state index in [2.05, 4.69) is 11.1 Å². The summed E-state index contributed by atoms with van der Waals surface area (Å²) in [6.07, 6.45) is 7.35. The van der Waals surface area contributed by atoms with Gasteiger partial charge in [0.2, 0.25) is 0 Å². The molecule has 0 amide bonds. The Hall–Kier alpha value is -2.83. The van der Waals surface area contributed by atoms with Crippen LogP contribution in [0.3, 0.4) is 0 Å². The number of fused-ring (bicyclic) bond motifs is 2. The number of pyridine rings is 1. The average molecular weight is 486 g/mol. The molecule has 3 aliphatic rings. The first-order valence-corrected chi connectivity index (χ1v) is 12.4. The number of carbonyl (C=O) groups is 1. The first kappa shape index (κ1) is 23.9. The van der Waals surface area contributed by atoms with Crippen LogP contribution in [0.4, 0.5) is 13.2 Å². The number of esters is 1. The van der Waals surface area contributed by atoms with Gasteiger partial charge in [-0.25, -0.2) is 0 Å². The molecule has 1 saturated heterocycles. The Morgan fingerprint density at radius 1 is 1.11 bits per heavy atom. The van der Waals surface area contributed by atoms with Crippen molar-refractivity contribution in [3.63, 3.8) is 0 Å². The van der Waals surface area contributed by atoms with Crippen molar-refractivity contribution in [3.8, 4) is 5.75 Å². The summed E-state index contributed by atoms with van der Waals surface area (Å²) in [5, 5.41) is 0. The van der Waals surface area contributed by atoms with Crippen molar-refractivity contribution in [2.45, 2.75) is 57.9 Å². The molecule has 0 spiro atoms. The summed E-state index contributed by atoms with van der Waals surface area (Å²) in [4.78, 5) is 16.9. The van der Waals surface area contributed by atoms with E-state index < -0.39 is 11.7 Å². The fourth-order valence-corrected chi connectivity index (χ4v) is 6.33. The second-order valence-electron chi connectivity index (χ2n) is 10.1. The molecule has 35 heavy (non-hydrogen) atoms. The minimum absolute atomic E-state index is 0.00735. The van der Waals surface area contributed by atoms with E-state index in [1.165, 1.54) is 37.8 Å². The van der Waals surface area contributed by atoms with Gasteiger partial charge in [-0.3, -0.25) is 9.78 Å². The largest absolute Gasteiger partial charge is 0.487 e. The summed E-state index contributed by atoms with van der Waals surface area (Å²) in [7, 11) is 0. The van der Waals surface area contributed by atoms with Crippen LogP contribution in [-0.2, 0) is 22.3 Å². The van der Waals surface area contributed by atoms with Gasteiger partial charge in [-0.15, -0.1) is 0 Å². The number of cyclic esters (lactones) is 1. The minimum atomic E-state index is -4.35. The second kappa shape index (κ2) is 9.67. The van der Waals surface area contributed by atoms with Crippen LogP contribution in [-0.4, -0.2) is 17.1 Å². The van der Waals surface area contributed by atoms with E-state index in [1.807, 2.05) is 25.1 Å². The maximum atomic E-state index is 12.7. The van der Waals surface area contributed by atoms with Crippen LogP contribution in [0.15, 0.2) is 48.7 Å². The number of aromatic nitrogens is 1. The lowest BCUT2D eigenvalue weighted by atomic mass is 9.57. The molecule has 2 heterocycles. The molecule has 7 heteroatoms. The molecule has 6 atom stereocenters. The zero-order valence-electron chi connectivity index (χ0n) is 19.7. The summed E-state index contributed by atoms with van der Waals surface area (Å²) >= 11 is 0. The van der Waals surface area contributed by atoms with Crippen LogP contribution in [0.5, 0.6) is 5.75 Å². The highest BCUT2D eigenvalue weighted by molar-refractivity contribution is 5.75. The van der Waals surface area contributed by atoms with Crippen LogP contribution in [0.1, 0.15) is 55.8 Å². The van der Waals surface area contributed by atoms with Crippen molar-refractivity contribution in [2.75, 3.05) is 0 Å². The molecule has 2 saturated carbocycles. The van der Waals surface area contributed by atoms with E-state index in [-0.39, 0.29) is 30.5 Å². The first-order chi connectivity index (χ1) is 16.8. The average Bonchev–Trinajstić information content (AvgIpc) is 3.13. The van der Waals surface area contributed by atoms with E-state index in [4.69, 9.17) is 9.47 Å². The third kappa shape index (κ3) is 5.09. The summed E-state index contributed by atoms with van der Waals surface area (Å²) in [6, 6.07) is 8.64. The quantitative estimate of drug-likeness (QED) is 0.443. The summed E-state index contributed by atoms with van der Waals surface area (Å²) in [5.74, 6) is 2.24. The molecule has 2 aromatic rings. The van der Waals surface area contributed by atoms with Crippen molar-refractivity contribution in [1.29, 1.82) is 0 Å². The molecule has 4 nitrogen and oxygen atoms in total. The Kier molecular flexibility index (Phi) is 6.60. The van der Waals surface area contributed by atoms with Crippen LogP contribution in [0.2, 0.25) is 0 Å². The SMILES string of the molecule is C[C@@H]1OC(=O)[C@H]2C[C@H]3CCCCC3[C@@H](/C=C/c3ccc(OCc4ccc(C(F)(F)F)cc4)cn3)[C@@H]12. The second-order valence-corrected chi connectivity index (χ2v) is 10.1. The van der Waals surface area contributed by atoms with Crippen LogP contribution >= 0.6 is 0 Å². The van der Waals surface area contributed by atoms with E-state index in [9.17, 15) is 18.0 Å². The fraction of sp³-hybridized carbons (Fsp3) is 0.500. The third-order valence-corrected chi connectivity index (χ3v) is 8.01. The molecule has 1 aromatic carbocycles. The highest BCUT2D eigenvalue weighted by Gasteiger charge is 2.53. The standard InChI is InChI=1S/C28H30F3NO3/c1-17-26-24(23-5-3-2-4-19(23)14-25(26)27(33)35-17)13-11-21-10-12-22(15-32-21)34-16-18-6-8-20(9-7-18)28(29,30)31/h6-13,15,17,19,23-26H,2-5,14,16H2,1H3/b13-11+/t17-,19+,23?,24+,25-,26+/m0/s1. The Morgan fingerprint density at radius 3 is 2.60 bits per heavy atom. The monoisotopic (exact) mass is 485 g/mol. The highest BCUT2D eigenvalue weighted by Crippen LogP contribution is 2.53. The lowest BCUT2D eigenvalue weighted by molar-refractivity contribution is -0.144. The smallest absolute Gasteiger partial charge is 0.416 e. The molecular weight excluding hydrogens is 455 g/mol. The predicted octanol–water partition coefficient (Wildman–Crippen LogP) is 6.70. The number of hydrogen-bond donors (Lipinski definition) is 0. The Labute approximate surface area is 203 Å². The zero-order valence-corrected chi connectivity index (χ0v) is 19.7. The molecule has 3 fully saturated rings. The number of carbonyl (C=O) groups excluding carboxylic acids is 1. The molecule has 186 valence electrons. The normalized spacial score (nSPS) is 30.6. The van der Waals surface area contributed by atoms with Gasteiger partial charge in [0, 0.05) is 5.92 Å². The molecule has 0 N–H and O–H groups in total. The summed E-state index contributed by atoms with van der Waals surface area (Å²) in [5.41, 5.74) is 0.781. The number of alkyl halides is 3. The van der Waals surface area contributed by atoms with Gasteiger partial charge in [0.1, 0.15) is 18.5 Å². The number of hydrogen-bond acceptors (Lipinski definition) is 4. The van der Waals surface area contributed by atoms with E-state index >= 15 is 0 Å². The highest BCUT2D eigenvalue weighted by atomic mass is 19.4. The zero-order chi connectivity index (χ0) is 24.6. The van der Waals surface area contributed by atoms with Crippen molar-refractivity contribution < 1.29 is 27.4 Å². The van der Waals surface area contributed by atoms with Gasteiger partial charge in [-0.05, 0) is 73.4 Å². The van der Waals surface area contributed by atoms with Crippen molar-refractivity contribution in [2.24, 2.45) is 29.6 Å². The Balaban J connectivity index is 1.24. The number of halogens is 3. The van der Waals surface area contributed by atoms with Crippen molar-refractivity contribution in [1.82, 2.24) is 4.98 Å². The van der Waals surface area contributed by atoms with Gasteiger partial charge in [0.15, 0.2) is 0 Å². The number of nitrogens with zero attached hydrogens (tertiary/aromatic N) is 1. The van der Waals surface area contributed by atoms with Gasteiger partial charge < -0.3 is 9.47 Å². The fourth-order valence-electron chi connectivity index (χ4n) is 6.33. The maximum absolute atomic E-state index is 12.7. The van der Waals surface area contributed by atoms with Gasteiger partial charge in [-0.2, -0.15) is 13.2 Å². The maximum Gasteiger partial charge on any atom is 0.416 e. The van der Waals surface area contributed by atoms with E-state index in [1.54, 1.807) is 6.20 Å². The predicted molar refractivity (Wildman–Crippen MR) is 125 cm³/mol. The van der Waals surface area contributed by atoms with E-state index in [0.29, 0.717) is 29.1 Å². The molecule has 5 rings (SSSR count). The van der Waals surface area contributed by atoms with Crippen molar-refractivity contribution >= 4 is 12.0 Å². The number of ether oxygens (including phenoxy) is 2. The van der Waals surface area contributed by atoms with Gasteiger partial charge >= 0.3 is 12.1 Å². The minimum Gasteiger partial charge on any atom is -0.487 e. The summed E-state index contributed by atoms with van der Waals surface area (Å²) in [6.45, 7) is 2.18. The molecule has 1 aromatic heterocycles. The van der Waals surface area contributed by atoms with Gasteiger partial charge in [-0.1, -0.05) is 37.5 Å². The number of allylic oxidation sites excluding steroid dienone is 1.